The molecule has 0 aliphatic rings. The molecule has 1 radical (unpaired) electrons. The second-order valence-electron chi connectivity index (χ2n) is 1.79. The third-order valence-electron chi connectivity index (χ3n) is 1.04. The molecular weight excluding hydrogens is 159 g/mol. The summed E-state index contributed by atoms with van der Waals surface area (Å²) in [4.78, 5) is -0.0741. The van der Waals surface area contributed by atoms with Crippen molar-refractivity contribution in [2.45, 2.75) is 4.90 Å². The van der Waals surface area contributed by atoms with Crippen LogP contribution in [-0.4, -0.2) is 31.8 Å². The van der Waals surface area contributed by atoms with E-state index in [1.54, 1.807) is 18.2 Å². The second kappa shape index (κ2) is 3.93. The van der Waals surface area contributed by atoms with E-state index in [1.165, 1.54) is 12.1 Å². The van der Waals surface area contributed by atoms with Gasteiger partial charge in [-0.25, -0.2) is 0 Å². The van der Waals surface area contributed by atoms with Crippen LogP contribution in [0.2, 0.25) is 0 Å². The molecule has 0 fully saturated rings. The van der Waals surface area contributed by atoms with Gasteiger partial charge >= 0.3 is 0 Å². The summed E-state index contributed by atoms with van der Waals surface area (Å²) in [6, 6.07) is 7.42. The van der Waals surface area contributed by atoms with Gasteiger partial charge < -0.3 is 0 Å². The Morgan fingerprint density at radius 1 is 1.09 bits per heavy atom. The van der Waals surface area contributed by atoms with Crippen LogP contribution in [0.25, 0.3) is 0 Å². The molecule has 0 aliphatic heterocycles. The first-order valence-electron chi connectivity index (χ1n) is 2.63. The molecule has 11 heavy (non-hydrogen) atoms. The van der Waals surface area contributed by atoms with E-state index in [0.29, 0.717) is 0 Å². The van der Waals surface area contributed by atoms with Crippen molar-refractivity contribution in [3.63, 3.8) is 0 Å². The van der Waals surface area contributed by atoms with Gasteiger partial charge in [0.1, 0.15) is 0 Å². The second-order valence-corrected chi connectivity index (χ2v) is 3.21. The van der Waals surface area contributed by atoms with Crippen LogP contribution in [0.5, 0.6) is 0 Å². The monoisotopic (exact) mass is 165 g/mol. The number of hydrogen-bond donors (Lipinski definition) is 1. The maximum atomic E-state index is 10.4. The average Bonchev–Trinajstić information content (AvgIpc) is 1.88. The van der Waals surface area contributed by atoms with Gasteiger partial charge in [-0.3, -0.25) is 4.55 Å². The van der Waals surface area contributed by atoms with Gasteiger partial charge in [0.25, 0.3) is 10.1 Å². The van der Waals surface area contributed by atoms with E-state index in [2.05, 4.69) is 0 Å². The molecule has 0 saturated carbocycles. The molecule has 1 aromatic carbocycles. The Balaban J connectivity index is 0.000001000. The zero-order valence-electron chi connectivity index (χ0n) is 6.06. The van der Waals surface area contributed by atoms with Crippen LogP contribution < -0.4 is 0 Å². The molecule has 0 bridgehead atoms. The summed E-state index contributed by atoms with van der Waals surface area (Å²) >= 11 is 0. The summed E-state index contributed by atoms with van der Waals surface area (Å²) in [5.41, 5.74) is 0. The van der Waals surface area contributed by atoms with E-state index in [-0.39, 0.29) is 23.8 Å². The van der Waals surface area contributed by atoms with Gasteiger partial charge in [-0.1, -0.05) is 18.2 Å². The summed E-state index contributed by atoms with van der Waals surface area (Å²) in [6.45, 7) is 0. The standard InChI is InChI=1S/C6H6O3S.Li/c7-10(8,9)6-4-2-1-3-5-6;/h1-5H,(H,7,8,9);. The zero-order valence-corrected chi connectivity index (χ0v) is 6.88. The van der Waals surface area contributed by atoms with Crippen LogP contribution in [0.15, 0.2) is 35.2 Å². The number of rotatable bonds is 1. The van der Waals surface area contributed by atoms with Gasteiger partial charge in [-0.15, -0.1) is 0 Å². The van der Waals surface area contributed by atoms with Crippen molar-refractivity contribution in [1.29, 1.82) is 0 Å². The Hall–Kier alpha value is -0.273. The molecule has 0 saturated heterocycles. The first-order chi connectivity index (χ1) is 4.61. The van der Waals surface area contributed by atoms with Gasteiger partial charge in [0, 0.05) is 18.9 Å². The van der Waals surface area contributed by atoms with Crippen molar-refractivity contribution in [1.82, 2.24) is 0 Å². The number of benzene rings is 1. The molecule has 0 amide bonds. The minimum Gasteiger partial charge on any atom is -0.282 e. The quantitative estimate of drug-likeness (QED) is 0.488. The molecule has 5 heteroatoms. The molecule has 0 aromatic heterocycles. The van der Waals surface area contributed by atoms with E-state index < -0.39 is 10.1 Å². The third-order valence-corrected chi connectivity index (χ3v) is 1.91. The molecular formula is C6H6LiO3S. The SMILES string of the molecule is O=S(=O)(O)c1ccccc1.[Li]. The van der Waals surface area contributed by atoms with E-state index >= 15 is 0 Å². The van der Waals surface area contributed by atoms with E-state index in [9.17, 15) is 8.42 Å². The fourth-order valence-corrected chi connectivity index (χ4v) is 1.09. The Morgan fingerprint density at radius 2 is 1.55 bits per heavy atom. The molecule has 0 atom stereocenters. The van der Waals surface area contributed by atoms with Gasteiger partial charge in [0.05, 0.1) is 4.90 Å². The number of hydrogen-bond acceptors (Lipinski definition) is 2. The van der Waals surface area contributed by atoms with Crippen molar-refractivity contribution >= 4 is 29.0 Å². The Morgan fingerprint density at radius 3 is 1.82 bits per heavy atom. The summed E-state index contributed by atoms with van der Waals surface area (Å²) in [6.07, 6.45) is 0. The maximum Gasteiger partial charge on any atom is 0.294 e. The fraction of sp³-hybridized carbons (Fsp3) is 0. The summed E-state index contributed by atoms with van der Waals surface area (Å²) in [7, 11) is -4.00. The predicted molar refractivity (Wildman–Crippen MR) is 42.0 cm³/mol. The Kier molecular flexibility index (Phi) is 3.83. The van der Waals surface area contributed by atoms with E-state index in [4.69, 9.17) is 4.55 Å². The van der Waals surface area contributed by atoms with Crippen LogP contribution >= 0.6 is 0 Å². The molecule has 1 aromatic rings. The van der Waals surface area contributed by atoms with Gasteiger partial charge in [-0.05, 0) is 12.1 Å². The van der Waals surface area contributed by atoms with Crippen molar-refractivity contribution in [2.75, 3.05) is 0 Å². The Bertz CT molecular complexity index is 306. The Labute approximate surface area is 77.4 Å². The van der Waals surface area contributed by atoms with Crippen LogP contribution in [0.4, 0.5) is 0 Å². The normalized spacial score (nSPS) is 10.3. The first kappa shape index (κ1) is 10.7. The van der Waals surface area contributed by atoms with Gasteiger partial charge in [-0.2, -0.15) is 8.42 Å². The zero-order chi connectivity index (χ0) is 7.61. The van der Waals surface area contributed by atoms with Crippen LogP contribution in [-0.2, 0) is 10.1 Å². The molecule has 0 spiro atoms. The van der Waals surface area contributed by atoms with Crippen molar-refractivity contribution in [3.05, 3.63) is 30.3 Å². The minimum atomic E-state index is -4.00. The molecule has 1 N–H and O–H groups in total. The van der Waals surface area contributed by atoms with Crippen LogP contribution in [0.1, 0.15) is 0 Å². The third kappa shape index (κ3) is 3.08. The molecule has 3 nitrogen and oxygen atoms in total. The average molecular weight is 165 g/mol. The van der Waals surface area contributed by atoms with Crippen molar-refractivity contribution < 1.29 is 13.0 Å². The van der Waals surface area contributed by atoms with E-state index in [0.717, 1.165) is 0 Å². The summed E-state index contributed by atoms with van der Waals surface area (Å²) in [5.74, 6) is 0. The largest absolute Gasteiger partial charge is 0.294 e. The molecule has 0 heterocycles. The molecule has 1 rings (SSSR count). The topological polar surface area (TPSA) is 54.4 Å². The minimum absolute atomic E-state index is 0. The smallest absolute Gasteiger partial charge is 0.282 e. The maximum absolute atomic E-state index is 10.4. The van der Waals surface area contributed by atoms with E-state index in [1.807, 2.05) is 0 Å². The van der Waals surface area contributed by atoms with Crippen molar-refractivity contribution in [3.8, 4) is 0 Å². The molecule has 55 valence electrons. The predicted octanol–water partition coefficient (Wildman–Crippen LogP) is 0.553. The molecule has 0 unspecified atom stereocenters. The van der Waals surface area contributed by atoms with Crippen LogP contribution in [0.3, 0.4) is 0 Å². The summed E-state index contributed by atoms with van der Waals surface area (Å²) in [5, 5.41) is 0. The summed E-state index contributed by atoms with van der Waals surface area (Å²) < 4.78 is 29.2. The molecule has 0 aliphatic carbocycles. The van der Waals surface area contributed by atoms with Gasteiger partial charge in [0.15, 0.2) is 0 Å². The van der Waals surface area contributed by atoms with Crippen LogP contribution in [0, 0.1) is 0 Å². The van der Waals surface area contributed by atoms with Crippen molar-refractivity contribution in [2.24, 2.45) is 0 Å². The van der Waals surface area contributed by atoms with Gasteiger partial charge in [0.2, 0.25) is 0 Å². The first-order valence-corrected chi connectivity index (χ1v) is 4.07. The fourth-order valence-electron chi connectivity index (χ4n) is 0.592.